The van der Waals surface area contributed by atoms with E-state index in [9.17, 15) is 50.4 Å². The number of fused-ring (bicyclic) bond motifs is 1. The molecule has 18 heteroatoms. The highest BCUT2D eigenvalue weighted by atomic mass is 32.2. The highest BCUT2D eigenvalue weighted by Crippen LogP contribution is 2.48. The lowest BCUT2D eigenvalue weighted by atomic mass is 9.77. The van der Waals surface area contributed by atoms with E-state index in [0.29, 0.717) is 67.1 Å². The van der Waals surface area contributed by atoms with Gasteiger partial charge in [-0.15, -0.1) is 5.06 Å². The van der Waals surface area contributed by atoms with Crippen molar-refractivity contribution in [3.05, 3.63) is 117 Å². The molecule has 5 rings (SSSR count). The minimum atomic E-state index is -4.52. The molecule has 326 valence electrons. The van der Waals surface area contributed by atoms with Crippen molar-refractivity contribution >= 4 is 55.1 Å². The lowest BCUT2D eigenvalue weighted by Crippen LogP contribution is -2.32. The first-order chi connectivity index (χ1) is 28.5. The molecule has 2 aliphatic heterocycles. The van der Waals surface area contributed by atoms with Crippen molar-refractivity contribution in [3.63, 3.8) is 0 Å². The van der Waals surface area contributed by atoms with Gasteiger partial charge in [0.1, 0.15) is 0 Å². The Hall–Kier alpha value is -5.56. The molecule has 2 heterocycles. The van der Waals surface area contributed by atoms with Gasteiger partial charge < -0.3 is 9.74 Å². The molecule has 0 radical (unpaired) electrons. The fraction of sp³-hybridized carbons (Fsp3) is 0.395. The van der Waals surface area contributed by atoms with Crippen LogP contribution in [0.4, 0.5) is 11.4 Å². The molecule has 16 nitrogen and oxygen atoms in total. The fourth-order valence-corrected chi connectivity index (χ4v) is 8.62. The molecule has 0 saturated carbocycles. The van der Waals surface area contributed by atoms with Crippen molar-refractivity contribution in [1.82, 2.24) is 5.06 Å². The number of non-ortho nitro benzene ring substituents is 1. The average Bonchev–Trinajstić information content (AvgIpc) is 3.60. The summed E-state index contributed by atoms with van der Waals surface area (Å²) in [5, 5.41) is 11.6. The first-order valence-corrected chi connectivity index (χ1v) is 22.6. The number of rotatable bonds is 18. The van der Waals surface area contributed by atoms with Gasteiger partial charge in [0.2, 0.25) is 0 Å². The van der Waals surface area contributed by atoms with Crippen LogP contribution in [0.25, 0.3) is 0 Å². The van der Waals surface area contributed by atoms with E-state index >= 15 is 0 Å². The number of aliphatic imine (C=N–C) groups is 1. The summed E-state index contributed by atoms with van der Waals surface area (Å²) in [6.45, 7) is 10.3. The van der Waals surface area contributed by atoms with Crippen LogP contribution < -0.4 is 4.90 Å². The predicted octanol–water partition coefficient (Wildman–Crippen LogP) is 7.15. The summed E-state index contributed by atoms with van der Waals surface area (Å²) in [4.78, 5) is 58.2. The van der Waals surface area contributed by atoms with E-state index in [1.165, 1.54) is 36.4 Å². The minimum Gasteiger partial charge on any atom is -0.344 e. The minimum absolute atomic E-state index is 0.000862. The molecule has 0 aromatic heterocycles. The van der Waals surface area contributed by atoms with Crippen LogP contribution in [0.3, 0.4) is 0 Å². The number of nitro groups is 1. The van der Waals surface area contributed by atoms with Crippen molar-refractivity contribution in [2.45, 2.75) is 107 Å². The Morgan fingerprint density at radius 1 is 0.918 bits per heavy atom. The standard InChI is InChI=1S/C43H50N4O12S2/c1-29-15-20-32(60(53,54)55)27-34(29)42(2,3)37(44-25-10-11-30-16-18-31(19-17-30)47(51)52)12-9-13-38-43(4,5)35-28-33(61(56,57)58)21-22-36(35)45(38)26-8-6-7-14-41(50)59-46-39(48)23-24-40(46)49/h9,12-13,15-22,27-28H,6-8,10-11,14,23-26H2,1-5H3,(H,53,54,55)(H,56,57,58)/b12-9+,38-13+,44-37+. The summed E-state index contributed by atoms with van der Waals surface area (Å²) in [5.41, 5.74) is 3.37. The van der Waals surface area contributed by atoms with Crippen LogP contribution in [0.15, 0.2) is 99.4 Å². The number of carbonyl (C=O) groups is 3. The van der Waals surface area contributed by atoms with Crippen LogP contribution in [0.2, 0.25) is 0 Å². The summed E-state index contributed by atoms with van der Waals surface area (Å²) in [6, 6.07) is 15.1. The van der Waals surface area contributed by atoms with E-state index in [2.05, 4.69) is 0 Å². The van der Waals surface area contributed by atoms with Crippen LogP contribution in [0.5, 0.6) is 0 Å². The maximum Gasteiger partial charge on any atom is 0.333 e. The zero-order valence-electron chi connectivity index (χ0n) is 34.7. The van der Waals surface area contributed by atoms with Crippen molar-refractivity contribution < 1.29 is 50.1 Å². The summed E-state index contributed by atoms with van der Waals surface area (Å²) in [7, 11) is -9.03. The molecular formula is C43H50N4O12S2. The van der Waals surface area contributed by atoms with Crippen molar-refractivity contribution in [2.75, 3.05) is 18.0 Å². The third-order valence-corrected chi connectivity index (χ3v) is 12.7. The Morgan fingerprint density at radius 3 is 2.16 bits per heavy atom. The molecule has 0 spiro atoms. The number of amides is 2. The highest BCUT2D eigenvalue weighted by molar-refractivity contribution is 7.86. The van der Waals surface area contributed by atoms with E-state index in [1.54, 1.807) is 24.3 Å². The topological polar surface area (TPSA) is 231 Å². The number of nitro benzene ring substituents is 1. The van der Waals surface area contributed by atoms with E-state index in [0.717, 1.165) is 22.5 Å². The molecule has 3 aromatic rings. The van der Waals surface area contributed by atoms with Crippen molar-refractivity contribution in [1.29, 1.82) is 0 Å². The lowest BCUT2D eigenvalue weighted by Gasteiger charge is -2.29. The van der Waals surface area contributed by atoms with E-state index < -0.39 is 53.8 Å². The van der Waals surface area contributed by atoms with Gasteiger partial charge in [-0.2, -0.15) is 16.8 Å². The summed E-state index contributed by atoms with van der Waals surface area (Å²) < 4.78 is 68.5. The summed E-state index contributed by atoms with van der Waals surface area (Å²) >= 11 is 0. The molecule has 2 N–H and O–H groups in total. The number of allylic oxidation sites excluding steroid dienone is 4. The second-order valence-corrected chi connectivity index (χ2v) is 18.9. The quantitative estimate of drug-likeness (QED) is 0.0323. The Labute approximate surface area is 355 Å². The predicted molar refractivity (Wildman–Crippen MR) is 227 cm³/mol. The number of anilines is 1. The first kappa shape index (κ1) is 46.5. The zero-order valence-corrected chi connectivity index (χ0v) is 36.3. The van der Waals surface area contributed by atoms with Gasteiger partial charge in [-0.25, -0.2) is 4.79 Å². The zero-order chi connectivity index (χ0) is 44.9. The maximum atomic E-state index is 12.4. The third-order valence-electron chi connectivity index (χ3n) is 11.0. The Kier molecular flexibility index (Phi) is 14.2. The van der Waals surface area contributed by atoms with Crippen LogP contribution in [0.1, 0.15) is 94.9 Å². The number of aryl methyl sites for hydroxylation is 2. The molecule has 1 fully saturated rings. The second-order valence-electron chi connectivity index (χ2n) is 16.1. The molecule has 2 aliphatic rings. The van der Waals surface area contributed by atoms with E-state index in [4.69, 9.17) is 9.83 Å². The highest BCUT2D eigenvalue weighted by Gasteiger charge is 2.40. The van der Waals surface area contributed by atoms with Crippen LogP contribution in [0, 0.1) is 17.0 Å². The van der Waals surface area contributed by atoms with Gasteiger partial charge in [-0.3, -0.25) is 33.8 Å². The summed E-state index contributed by atoms with van der Waals surface area (Å²) in [5.74, 6) is -1.80. The molecule has 61 heavy (non-hydrogen) atoms. The molecule has 0 unspecified atom stereocenters. The van der Waals surface area contributed by atoms with Crippen molar-refractivity contribution in [2.24, 2.45) is 4.99 Å². The first-order valence-electron chi connectivity index (χ1n) is 19.7. The van der Waals surface area contributed by atoms with Gasteiger partial charge in [0.25, 0.3) is 37.7 Å². The number of imide groups is 1. The number of hydrogen-bond donors (Lipinski definition) is 2. The van der Waals surface area contributed by atoms with Gasteiger partial charge >= 0.3 is 5.97 Å². The van der Waals surface area contributed by atoms with Crippen LogP contribution >= 0.6 is 0 Å². The number of hydroxylamine groups is 2. The molecule has 2 amide bonds. The maximum absolute atomic E-state index is 12.4. The number of hydrogen-bond acceptors (Lipinski definition) is 12. The molecule has 1 saturated heterocycles. The molecular weight excluding hydrogens is 829 g/mol. The Balaban J connectivity index is 1.44. The average molecular weight is 879 g/mol. The fourth-order valence-electron chi connectivity index (χ4n) is 7.61. The van der Waals surface area contributed by atoms with Gasteiger partial charge in [0.05, 0.1) is 14.7 Å². The lowest BCUT2D eigenvalue weighted by molar-refractivity contribution is -0.384. The van der Waals surface area contributed by atoms with Gasteiger partial charge in [0, 0.05) is 72.4 Å². The Bertz CT molecular complexity index is 2510. The Morgan fingerprint density at radius 2 is 1.54 bits per heavy atom. The number of unbranched alkanes of at least 4 members (excludes halogenated alkanes) is 2. The number of carbonyl (C=O) groups excluding carboxylic acids is 3. The monoisotopic (exact) mass is 878 g/mol. The van der Waals surface area contributed by atoms with E-state index in [-0.39, 0.29) is 34.7 Å². The largest absolute Gasteiger partial charge is 0.344 e. The summed E-state index contributed by atoms with van der Waals surface area (Å²) in [6.07, 6.45) is 8.26. The van der Waals surface area contributed by atoms with E-state index in [1.807, 2.05) is 57.7 Å². The smallest absolute Gasteiger partial charge is 0.333 e. The van der Waals surface area contributed by atoms with Crippen LogP contribution in [-0.4, -0.2) is 72.5 Å². The van der Waals surface area contributed by atoms with Crippen molar-refractivity contribution in [3.8, 4) is 0 Å². The SMILES string of the molecule is Cc1ccc(S(=O)(=O)O)cc1C(C)(C)C(/C=C/C=C1/N(CCCCCC(=O)ON2C(=O)CCC2=O)c2ccc(S(=O)(=O)O)cc2C1(C)C)=N/CCCc1ccc([N+](=O)[O-])cc1. The number of nitrogens with zero attached hydrogens (tertiary/aromatic N) is 4. The molecule has 0 atom stereocenters. The number of benzene rings is 3. The molecule has 0 bridgehead atoms. The molecule has 0 aliphatic carbocycles. The van der Waals surface area contributed by atoms with Gasteiger partial charge in [0.15, 0.2) is 0 Å². The van der Waals surface area contributed by atoms with Gasteiger partial charge in [-0.05, 0) is 97.3 Å². The second kappa shape index (κ2) is 18.6. The normalized spacial score (nSPS) is 16.5. The van der Waals surface area contributed by atoms with Crippen LogP contribution in [-0.2, 0) is 56.7 Å². The third kappa shape index (κ3) is 11.0. The van der Waals surface area contributed by atoms with Gasteiger partial charge in [-0.1, -0.05) is 58.4 Å². The molecule has 3 aromatic carbocycles.